The van der Waals surface area contributed by atoms with Gasteiger partial charge in [0.1, 0.15) is 11.9 Å². The number of amides is 1. The van der Waals surface area contributed by atoms with Gasteiger partial charge in [-0.2, -0.15) is 5.26 Å². The molecule has 1 N–H and O–H groups in total. The lowest BCUT2D eigenvalue weighted by Crippen LogP contribution is -2.25. The van der Waals surface area contributed by atoms with Gasteiger partial charge in [-0.1, -0.05) is 35.9 Å². The first-order valence-electron chi connectivity index (χ1n) is 6.48. The highest BCUT2D eigenvalue weighted by atomic mass is 35.5. The molecular weight excluding hydrogens is 303 g/mol. The highest BCUT2D eigenvalue weighted by molar-refractivity contribution is 6.30. The molecular formula is C17H12ClFN2O. The van der Waals surface area contributed by atoms with E-state index in [4.69, 9.17) is 16.9 Å². The molecule has 0 aliphatic heterocycles. The third-order valence-electron chi connectivity index (χ3n) is 2.89. The van der Waals surface area contributed by atoms with E-state index in [0.29, 0.717) is 10.6 Å². The summed E-state index contributed by atoms with van der Waals surface area (Å²) in [7, 11) is 0. The van der Waals surface area contributed by atoms with Crippen molar-refractivity contribution >= 4 is 23.6 Å². The minimum absolute atomic E-state index is 0.396. The molecule has 0 fully saturated rings. The van der Waals surface area contributed by atoms with Gasteiger partial charge in [-0.25, -0.2) is 4.39 Å². The summed E-state index contributed by atoms with van der Waals surface area (Å²) in [5.74, 6) is -0.816. The molecule has 3 nitrogen and oxygen atoms in total. The van der Waals surface area contributed by atoms with E-state index in [0.717, 1.165) is 5.56 Å². The highest BCUT2D eigenvalue weighted by Crippen LogP contribution is 2.14. The van der Waals surface area contributed by atoms with Crippen LogP contribution in [0.2, 0.25) is 5.02 Å². The van der Waals surface area contributed by atoms with Crippen molar-refractivity contribution in [2.75, 3.05) is 0 Å². The zero-order valence-electron chi connectivity index (χ0n) is 11.5. The molecule has 0 aliphatic carbocycles. The second-order valence-corrected chi connectivity index (χ2v) is 4.95. The number of carbonyl (C=O) groups excluding carboxylic acids is 1. The Morgan fingerprint density at radius 3 is 2.64 bits per heavy atom. The van der Waals surface area contributed by atoms with Gasteiger partial charge < -0.3 is 5.32 Å². The Kier molecular flexibility index (Phi) is 5.29. The lowest BCUT2D eigenvalue weighted by atomic mass is 10.1. The number of benzene rings is 2. The molecule has 0 saturated carbocycles. The zero-order chi connectivity index (χ0) is 15.9. The summed E-state index contributed by atoms with van der Waals surface area (Å²) in [4.78, 5) is 11.9. The second kappa shape index (κ2) is 7.39. The molecule has 0 aromatic heterocycles. The van der Waals surface area contributed by atoms with Gasteiger partial charge in [0.25, 0.3) is 0 Å². The number of nitrogens with zero attached hydrogens (tertiary/aromatic N) is 1. The molecule has 0 spiro atoms. The smallest absolute Gasteiger partial charge is 0.245 e. The summed E-state index contributed by atoms with van der Waals surface area (Å²) in [6.07, 6.45) is 2.92. The van der Waals surface area contributed by atoms with E-state index in [2.05, 4.69) is 5.32 Å². The quantitative estimate of drug-likeness (QED) is 0.871. The van der Waals surface area contributed by atoms with Gasteiger partial charge in [-0.05, 0) is 41.5 Å². The van der Waals surface area contributed by atoms with Gasteiger partial charge in [0.2, 0.25) is 5.91 Å². The number of carbonyl (C=O) groups is 1. The molecule has 0 unspecified atom stereocenters. The number of rotatable bonds is 4. The molecule has 0 aliphatic rings. The van der Waals surface area contributed by atoms with Crippen LogP contribution < -0.4 is 5.32 Å². The lowest BCUT2D eigenvalue weighted by Gasteiger charge is -2.10. The van der Waals surface area contributed by atoms with Crippen molar-refractivity contribution in [2.45, 2.75) is 6.04 Å². The fraction of sp³-hybridized carbons (Fsp3) is 0.0588. The summed E-state index contributed by atoms with van der Waals surface area (Å²) in [5, 5.41) is 12.2. The average molecular weight is 315 g/mol. The van der Waals surface area contributed by atoms with E-state index in [1.165, 1.54) is 30.3 Å². The number of hydrogen-bond acceptors (Lipinski definition) is 2. The van der Waals surface area contributed by atoms with Crippen molar-refractivity contribution in [3.63, 3.8) is 0 Å². The minimum Gasteiger partial charge on any atom is -0.333 e. The number of halogens is 2. The van der Waals surface area contributed by atoms with Crippen LogP contribution in [0.1, 0.15) is 17.2 Å². The molecule has 5 heteroatoms. The molecule has 22 heavy (non-hydrogen) atoms. The predicted molar refractivity (Wildman–Crippen MR) is 83.4 cm³/mol. The van der Waals surface area contributed by atoms with Crippen LogP contribution in [0, 0.1) is 17.1 Å². The largest absolute Gasteiger partial charge is 0.333 e. The van der Waals surface area contributed by atoms with E-state index >= 15 is 0 Å². The summed E-state index contributed by atoms with van der Waals surface area (Å²) in [6, 6.07) is 13.6. The fourth-order valence-corrected chi connectivity index (χ4v) is 2.02. The number of nitrogens with one attached hydrogen (secondary N) is 1. The molecule has 2 aromatic carbocycles. The first-order valence-corrected chi connectivity index (χ1v) is 6.85. The summed E-state index contributed by atoms with van der Waals surface area (Å²) in [5.41, 5.74) is 1.30. The third kappa shape index (κ3) is 4.44. The van der Waals surface area contributed by atoms with E-state index in [1.807, 2.05) is 6.07 Å². The van der Waals surface area contributed by atoms with Gasteiger partial charge >= 0.3 is 0 Å². The van der Waals surface area contributed by atoms with E-state index < -0.39 is 17.8 Å². The van der Waals surface area contributed by atoms with Crippen molar-refractivity contribution in [1.82, 2.24) is 5.32 Å². The average Bonchev–Trinajstić information content (AvgIpc) is 2.52. The van der Waals surface area contributed by atoms with E-state index in [1.54, 1.807) is 30.3 Å². The van der Waals surface area contributed by atoms with Crippen LogP contribution in [0.4, 0.5) is 4.39 Å². The summed E-state index contributed by atoms with van der Waals surface area (Å²) in [6.45, 7) is 0. The van der Waals surface area contributed by atoms with E-state index in [9.17, 15) is 9.18 Å². The zero-order valence-corrected chi connectivity index (χ0v) is 12.2. The van der Waals surface area contributed by atoms with Crippen molar-refractivity contribution in [1.29, 1.82) is 5.26 Å². The highest BCUT2D eigenvalue weighted by Gasteiger charge is 2.12. The molecule has 1 atom stereocenters. The van der Waals surface area contributed by atoms with Crippen molar-refractivity contribution in [3.05, 3.63) is 76.6 Å². The number of nitriles is 1. The topological polar surface area (TPSA) is 52.9 Å². The van der Waals surface area contributed by atoms with Crippen LogP contribution in [0.3, 0.4) is 0 Å². The SMILES string of the molecule is N#C[C@H](NC(=O)/C=C/c1cccc(Cl)c1)c1ccc(F)cc1. The van der Waals surface area contributed by atoms with Crippen LogP contribution in [-0.2, 0) is 4.79 Å². The van der Waals surface area contributed by atoms with Gasteiger partial charge in [0.15, 0.2) is 0 Å². The Morgan fingerprint density at radius 2 is 2.00 bits per heavy atom. The van der Waals surface area contributed by atoms with Crippen LogP contribution in [0.15, 0.2) is 54.6 Å². The molecule has 0 radical (unpaired) electrons. The molecule has 0 saturated heterocycles. The molecule has 2 rings (SSSR count). The Balaban J connectivity index is 2.04. The van der Waals surface area contributed by atoms with E-state index in [-0.39, 0.29) is 0 Å². The molecule has 2 aromatic rings. The monoisotopic (exact) mass is 314 g/mol. The van der Waals surface area contributed by atoms with Gasteiger partial charge in [-0.3, -0.25) is 4.79 Å². The van der Waals surface area contributed by atoms with Gasteiger partial charge in [0.05, 0.1) is 6.07 Å². The summed E-state index contributed by atoms with van der Waals surface area (Å²) >= 11 is 5.85. The maximum absolute atomic E-state index is 12.9. The Bertz CT molecular complexity index is 735. The maximum Gasteiger partial charge on any atom is 0.245 e. The van der Waals surface area contributed by atoms with Crippen LogP contribution in [0.25, 0.3) is 6.08 Å². The molecule has 1 amide bonds. The van der Waals surface area contributed by atoms with Gasteiger partial charge in [-0.15, -0.1) is 0 Å². The lowest BCUT2D eigenvalue weighted by molar-refractivity contribution is -0.116. The molecule has 110 valence electrons. The predicted octanol–water partition coefficient (Wildman–Crippen LogP) is 3.87. The van der Waals surface area contributed by atoms with Crippen LogP contribution in [-0.4, -0.2) is 5.91 Å². The van der Waals surface area contributed by atoms with Crippen LogP contribution >= 0.6 is 11.6 Å². The second-order valence-electron chi connectivity index (χ2n) is 4.51. The fourth-order valence-electron chi connectivity index (χ4n) is 1.82. The number of hydrogen-bond donors (Lipinski definition) is 1. The Morgan fingerprint density at radius 1 is 1.27 bits per heavy atom. The minimum atomic E-state index is -0.836. The first kappa shape index (κ1) is 15.7. The van der Waals surface area contributed by atoms with Gasteiger partial charge in [0, 0.05) is 11.1 Å². The summed E-state index contributed by atoms with van der Waals surface area (Å²) < 4.78 is 12.9. The van der Waals surface area contributed by atoms with Crippen molar-refractivity contribution in [2.24, 2.45) is 0 Å². The maximum atomic E-state index is 12.9. The molecule has 0 bridgehead atoms. The van der Waals surface area contributed by atoms with Crippen LogP contribution in [0.5, 0.6) is 0 Å². The normalized spacial score (nSPS) is 11.9. The first-order chi connectivity index (χ1) is 10.6. The standard InChI is InChI=1S/C17H12ClFN2O/c18-14-3-1-2-12(10-14)4-9-17(22)21-16(11-20)13-5-7-15(19)8-6-13/h1-10,16H,(H,21,22)/b9-4+/t16-/m0/s1. The third-order valence-corrected chi connectivity index (χ3v) is 3.13. The van der Waals surface area contributed by atoms with Crippen molar-refractivity contribution in [3.8, 4) is 6.07 Å². The Hall–Kier alpha value is -2.64. The Labute approximate surface area is 132 Å². The molecule has 0 heterocycles. The van der Waals surface area contributed by atoms with Crippen molar-refractivity contribution < 1.29 is 9.18 Å².